The minimum atomic E-state index is -0.549. The van der Waals surface area contributed by atoms with Gasteiger partial charge in [0, 0.05) is 23.8 Å². The molecule has 0 saturated heterocycles. The third-order valence-corrected chi connectivity index (χ3v) is 4.55. The van der Waals surface area contributed by atoms with Crippen LogP contribution in [0.1, 0.15) is 41.6 Å². The Morgan fingerprint density at radius 2 is 1.62 bits per heavy atom. The summed E-state index contributed by atoms with van der Waals surface area (Å²) in [5.74, 6) is -1.13. The molecule has 1 saturated carbocycles. The fourth-order valence-corrected chi connectivity index (χ4v) is 3.35. The Bertz CT molecular complexity index is 621. The van der Waals surface area contributed by atoms with E-state index >= 15 is 0 Å². The number of rotatable bonds is 2. The second kappa shape index (κ2) is 5.45. The van der Waals surface area contributed by atoms with E-state index in [-0.39, 0.29) is 17.8 Å². The van der Waals surface area contributed by atoms with Crippen molar-refractivity contribution in [2.75, 3.05) is 7.11 Å². The Labute approximate surface area is 123 Å². The monoisotopic (exact) mass is 286 g/mol. The molecule has 0 spiro atoms. The van der Waals surface area contributed by atoms with Gasteiger partial charge in [0.15, 0.2) is 0 Å². The first kappa shape index (κ1) is 14.0. The van der Waals surface area contributed by atoms with E-state index < -0.39 is 11.6 Å². The van der Waals surface area contributed by atoms with Crippen molar-refractivity contribution in [1.82, 2.24) is 0 Å². The summed E-state index contributed by atoms with van der Waals surface area (Å²) in [5.41, 5.74) is 1.08. The SMILES string of the molecule is COC1CCC(C2=C(O)c3ccccc3C(=O)C2=O)CC1. The van der Waals surface area contributed by atoms with Gasteiger partial charge in [-0.3, -0.25) is 9.59 Å². The Morgan fingerprint density at radius 1 is 1.00 bits per heavy atom. The van der Waals surface area contributed by atoms with Crippen LogP contribution >= 0.6 is 0 Å². The number of methoxy groups -OCH3 is 1. The first-order chi connectivity index (χ1) is 10.1. The number of benzene rings is 1. The quantitative estimate of drug-likeness (QED) is 0.849. The fourth-order valence-electron chi connectivity index (χ4n) is 3.35. The number of aliphatic hydroxyl groups excluding tert-OH is 1. The van der Waals surface area contributed by atoms with Gasteiger partial charge in [-0.05, 0) is 31.6 Å². The molecular weight excluding hydrogens is 268 g/mol. The minimum absolute atomic E-state index is 0.0175. The van der Waals surface area contributed by atoms with Crippen LogP contribution in [-0.2, 0) is 9.53 Å². The number of carbonyl (C=O) groups excluding carboxylic acids is 2. The fraction of sp³-hybridized carbons (Fsp3) is 0.412. The lowest BCUT2D eigenvalue weighted by Crippen LogP contribution is -2.31. The van der Waals surface area contributed by atoms with Crippen LogP contribution in [0.3, 0.4) is 0 Å². The molecule has 2 aliphatic carbocycles. The number of ether oxygens (including phenoxy) is 1. The first-order valence-corrected chi connectivity index (χ1v) is 7.27. The Morgan fingerprint density at radius 3 is 2.24 bits per heavy atom. The summed E-state index contributed by atoms with van der Waals surface area (Å²) in [6, 6.07) is 6.74. The summed E-state index contributed by atoms with van der Waals surface area (Å²) in [4.78, 5) is 24.6. The lowest BCUT2D eigenvalue weighted by atomic mass is 9.76. The molecule has 0 bridgehead atoms. The van der Waals surface area contributed by atoms with Crippen LogP contribution in [0.4, 0.5) is 0 Å². The number of aliphatic hydroxyl groups is 1. The van der Waals surface area contributed by atoms with Crippen molar-refractivity contribution in [3.05, 3.63) is 41.0 Å². The average Bonchev–Trinajstić information content (AvgIpc) is 2.53. The lowest BCUT2D eigenvalue weighted by molar-refractivity contribution is -0.112. The molecule has 110 valence electrons. The second-order valence-electron chi connectivity index (χ2n) is 5.68. The molecule has 4 heteroatoms. The van der Waals surface area contributed by atoms with Gasteiger partial charge in [0.05, 0.1) is 6.10 Å². The molecule has 1 N–H and O–H groups in total. The Balaban J connectivity index is 1.98. The highest BCUT2D eigenvalue weighted by Gasteiger charge is 2.37. The molecular formula is C17H18O4. The van der Waals surface area contributed by atoms with Gasteiger partial charge in [0.25, 0.3) is 0 Å². The van der Waals surface area contributed by atoms with Crippen LogP contribution in [0, 0.1) is 5.92 Å². The van der Waals surface area contributed by atoms with Crippen LogP contribution in [0.25, 0.3) is 5.76 Å². The van der Waals surface area contributed by atoms with Crippen LogP contribution < -0.4 is 0 Å². The summed E-state index contributed by atoms with van der Waals surface area (Å²) >= 11 is 0. The summed E-state index contributed by atoms with van der Waals surface area (Å²) < 4.78 is 5.33. The van der Waals surface area contributed by atoms with E-state index in [4.69, 9.17) is 4.74 Å². The van der Waals surface area contributed by atoms with Crippen LogP contribution in [0.2, 0.25) is 0 Å². The summed E-state index contributed by atoms with van der Waals surface area (Å²) in [6.45, 7) is 0. The zero-order chi connectivity index (χ0) is 15.0. The van der Waals surface area contributed by atoms with E-state index in [0.717, 1.165) is 25.7 Å². The van der Waals surface area contributed by atoms with Crippen molar-refractivity contribution in [3.8, 4) is 0 Å². The van der Waals surface area contributed by atoms with E-state index in [1.165, 1.54) is 0 Å². The highest BCUT2D eigenvalue weighted by molar-refractivity contribution is 6.52. The summed E-state index contributed by atoms with van der Waals surface area (Å²) in [6.07, 6.45) is 3.44. The van der Waals surface area contributed by atoms with Gasteiger partial charge in [-0.1, -0.05) is 24.3 Å². The van der Waals surface area contributed by atoms with Gasteiger partial charge >= 0.3 is 0 Å². The predicted octanol–water partition coefficient (Wildman–Crippen LogP) is 2.93. The summed E-state index contributed by atoms with van der Waals surface area (Å²) in [5, 5.41) is 10.5. The van der Waals surface area contributed by atoms with Gasteiger partial charge < -0.3 is 9.84 Å². The van der Waals surface area contributed by atoms with E-state index in [0.29, 0.717) is 16.7 Å². The van der Waals surface area contributed by atoms with Crippen molar-refractivity contribution >= 4 is 17.3 Å². The maximum absolute atomic E-state index is 12.4. The Kier molecular flexibility index (Phi) is 3.64. The average molecular weight is 286 g/mol. The molecule has 1 aromatic rings. The molecule has 2 aliphatic rings. The molecule has 0 unspecified atom stereocenters. The smallest absolute Gasteiger partial charge is 0.234 e. The van der Waals surface area contributed by atoms with E-state index in [1.807, 2.05) is 0 Å². The van der Waals surface area contributed by atoms with Gasteiger partial charge in [-0.15, -0.1) is 0 Å². The largest absolute Gasteiger partial charge is 0.507 e. The lowest BCUT2D eigenvalue weighted by Gasteiger charge is -2.30. The molecule has 0 radical (unpaired) electrons. The van der Waals surface area contributed by atoms with Crippen LogP contribution in [0.15, 0.2) is 29.8 Å². The van der Waals surface area contributed by atoms with Crippen molar-refractivity contribution in [1.29, 1.82) is 0 Å². The van der Waals surface area contributed by atoms with Crippen molar-refractivity contribution in [2.45, 2.75) is 31.8 Å². The molecule has 21 heavy (non-hydrogen) atoms. The zero-order valence-corrected chi connectivity index (χ0v) is 12.0. The second-order valence-corrected chi connectivity index (χ2v) is 5.68. The van der Waals surface area contributed by atoms with Gasteiger partial charge in [-0.2, -0.15) is 0 Å². The van der Waals surface area contributed by atoms with Crippen LogP contribution in [0.5, 0.6) is 0 Å². The molecule has 0 amide bonds. The number of carbonyl (C=O) groups is 2. The maximum atomic E-state index is 12.4. The van der Waals surface area contributed by atoms with Crippen molar-refractivity contribution in [2.24, 2.45) is 5.92 Å². The highest BCUT2D eigenvalue weighted by Crippen LogP contribution is 2.38. The van der Waals surface area contributed by atoms with E-state index in [1.54, 1.807) is 31.4 Å². The van der Waals surface area contributed by atoms with Gasteiger partial charge in [0.1, 0.15) is 5.76 Å². The molecule has 0 aromatic heterocycles. The van der Waals surface area contributed by atoms with E-state index in [2.05, 4.69) is 0 Å². The maximum Gasteiger partial charge on any atom is 0.234 e. The molecule has 1 aromatic carbocycles. The van der Waals surface area contributed by atoms with Gasteiger partial charge in [-0.25, -0.2) is 0 Å². The van der Waals surface area contributed by atoms with Crippen molar-refractivity contribution < 1.29 is 19.4 Å². The molecule has 1 fully saturated rings. The molecule has 3 rings (SSSR count). The van der Waals surface area contributed by atoms with E-state index in [9.17, 15) is 14.7 Å². The normalized spacial score (nSPS) is 26.0. The number of fused-ring (bicyclic) bond motifs is 1. The third kappa shape index (κ3) is 2.29. The summed E-state index contributed by atoms with van der Waals surface area (Å²) in [7, 11) is 1.69. The standard InChI is InChI=1S/C17H18O4/c1-21-11-8-6-10(7-9-11)14-15(18)12-4-2-3-5-13(12)16(19)17(14)20/h2-5,10-11,18H,6-9H2,1H3. The number of hydrogen-bond acceptors (Lipinski definition) is 4. The number of ketones is 2. The number of Topliss-reactive ketones (excluding diaryl/α,β-unsaturated/α-hetero) is 2. The molecule has 0 atom stereocenters. The highest BCUT2D eigenvalue weighted by atomic mass is 16.5. The topological polar surface area (TPSA) is 63.6 Å². The number of hydrogen-bond donors (Lipinski definition) is 1. The van der Waals surface area contributed by atoms with Crippen LogP contribution in [-0.4, -0.2) is 29.9 Å². The molecule has 4 nitrogen and oxygen atoms in total. The Hall–Kier alpha value is -1.94. The number of allylic oxidation sites excluding steroid dienone is 1. The minimum Gasteiger partial charge on any atom is -0.507 e. The molecule has 0 aliphatic heterocycles. The van der Waals surface area contributed by atoms with Gasteiger partial charge in [0.2, 0.25) is 11.6 Å². The first-order valence-electron chi connectivity index (χ1n) is 7.27. The van der Waals surface area contributed by atoms with Crippen molar-refractivity contribution in [3.63, 3.8) is 0 Å². The predicted molar refractivity (Wildman–Crippen MR) is 78.1 cm³/mol. The molecule has 0 heterocycles. The zero-order valence-electron chi connectivity index (χ0n) is 12.0. The third-order valence-electron chi connectivity index (χ3n) is 4.55.